The van der Waals surface area contributed by atoms with Crippen molar-refractivity contribution >= 4 is 87.6 Å². The van der Waals surface area contributed by atoms with Crippen LogP contribution in [0, 0.1) is 6.92 Å². The van der Waals surface area contributed by atoms with E-state index in [1.807, 2.05) is 66.6 Å². The number of sulfonamides is 1. The van der Waals surface area contributed by atoms with E-state index in [9.17, 15) is 18.3 Å². The third-order valence-corrected chi connectivity index (χ3v) is 13.7. The second-order valence-corrected chi connectivity index (χ2v) is 16.5. The Balaban J connectivity index is 1.34. The number of nitrogens with zero attached hydrogens (tertiary/aromatic N) is 3. The Morgan fingerprint density at radius 1 is 1.06 bits per heavy atom. The summed E-state index contributed by atoms with van der Waals surface area (Å²) >= 11 is 12.4. The maximum atomic E-state index is 14.7. The molecule has 0 radical (unpaired) electrons. The van der Waals surface area contributed by atoms with E-state index >= 15 is 0 Å². The van der Waals surface area contributed by atoms with Gasteiger partial charge in [0.25, 0.3) is 15.9 Å². The van der Waals surface area contributed by atoms with Crippen LogP contribution in [-0.4, -0.2) is 63.7 Å². The van der Waals surface area contributed by atoms with Crippen LogP contribution in [0.2, 0.25) is 5.02 Å². The molecule has 1 aliphatic rings. The molecular weight excluding hydrogens is 754 g/mol. The van der Waals surface area contributed by atoms with Crippen LogP contribution in [0.3, 0.4) is 0 Å². The molecule has 1 N–H and O–H groups in total. The molecule has 1 fully saturated rings. The van der Waals surface area contributed by atoms with Gasteiger partial charge in [0.1, 0.15) is 4.88 Å². The summed E-state index contributed by atoms with van der Waals surface area (Å²) in [6, 6.07) is 22.0. The van der Waals surface area contributed by atoms with Crippen molar-refractivity contribution in [3.05, 3.63) is 109 Å². The van der Waals surface area contributed by atoms with E-state index in [2.05, 4.69) is 20.8 Å². The minimum absolute atomic E-state index is 0.00646. The second-order valence-electron chi connectivity index (χ2n) is 11.4. The van der Waals surface area contributed by atoms with Crippen LogP contribution in [0.1, 0.15) is 38.9 Å². The zero-order chi connectivity index (χ0) is 34.0. The molecule has 0 saturated carbocycles. The molecule has 8 nitrogen and oxygen atoms in total. The van der Waals surface area contributed by atoms with Crippen molar-refractivity contribution in [1.29, 1.82) is 0 Å². The number of aliphatic hydroxyl groups is 1. The third-order valence-electron chi connectivity index (χ3n) is 8.47. The molecule has 1 unspecified atom stereocenters. The Hall–Kier alpha value is -2.97. The molecular formula is C35H35BrClN3O5S3. The highest BCUT2D eigenvalue weighted by Gasteiger charge is 2.31. The fraction of sp³-hybridized carbons (Fsp3) is 0.286. The van der Waals surface area contributed by atoms with Crippen LogP contribution >= 0.6 is 50.2 Å². The number of carbonyl (C=O) groups is 1. The van der Waals surface area contributed by atoms with E-state index in [4.69, 9.17) is 16.3 Å². The summed E-state index contributed by atoms with van der Waals surface area (Å²) in [4.78, 5) is 18.7. The summed E-state index contributed by atoms with van der Waals surface area (Å²) in [5, 5.41) is 13.8. The molecule has 2 aromatic heterocycles. The predicted octanol–water partition coefficient (Wildman–Crippen LogP) is 8.11. The van der Waals surface area contributed by atoms with Crippen molar-refractivity contribution in [2.45, 2.75) is 31.5 Å². The van der Waals surface area contributed by atoms with E-state index in [1.165, 1.54) is 27.0 Å². The lowest BCUT2D eigenvalue weighted by atomic mass is 10.1. The van der Waals surface area contributed by atoms with E-state index in [-0.39, 0.29) is 17.3 Å². The molecule has 3 heterocycles. The first-order chi connectivity index (χ1) is 23.1. The number of carbonyl (C=O) groups excluding carboxylic acids is 1. The SMILES string of the molecule is CCOC(O)c1sc2ccc(S(=O)(=O)N(CCc3ccc(Cl)cc3)c3ccccc3N3CCN(C(=O)c4sccc4Br)CC3)cc2c1C. The van der Waals surface area contributed by atoms with Crippen molar-refractivity contribution in [3.8, 4) is 0 Å². The molecule has 5 aromatic rings. The number of aryl methyl sites for hydroxylation is 1. The van der Waals surface area contributed by atoms with E-state index in [1.54, 1.807) is 30.3 Å². The molecule has 6 rings (SSSR count). The van der Waals surface area contributed by atoms with Gasteiger partial charge >= 0.3 is 0 Å². The van der Waals surface area contributed by atoms with Crippen molar-refractivity contribution in [3.63, 3.8) is 0 Å². The third kappa shape index (κ3) is 7.16. The number of benzene rings is 3. The average Bonchev–Trinajstić information content (AvgIpc) is 3.67. The standard InChI is InChI=1S/C35H35BrClN3O5S3/c1-3-45-35(42)32-23(2)27-22-26(12-13-31(27)47-32)48(43,44)40(16-14-24-8-10-25(37)11-9-24)30-7-5-4-6-29(30)38-17-19-39(20-18-38)34(41)33-28(36)15-21-46-33/h4-13,15,21-22,35,42H,3,14,16-20H2,1-2H3. The second kappa shape index (κ2) is 14.9. The molecule has 0 bridgehead atoms. The molecule has 13 heteroatoms. The summed E-state index contributed by atoms with van der Waals surface area (Å²) in [6.07, 6.45) is -0.606. The van der Waals surface area contributed by atoms with E-state index in [0.717, 1.165) is 31.4 Å². The smallest absolute Gasteiger partial charge is 0.265 e. The first kappa shape index (κ1) is 34.9. The van der Waals surface area contributed by atoms with Gasteiger partial charge in [-0.05, 0) is 107 Å². The van der Waals surface area contributed by atoms with Crippen LogP contribution < -0.4 is 9.21 Å². The van der Waals surface area contributed by atoms with Gasteiger partial charge < -0.3 is 19.6 Å². The maximum absolute atomic E-state index is 14.7. The van der Waals surface area contributed by atoms with Gasteiger partial charge in [0.05, 0.1) is 21.1 Å². The highest BCUT2D eigenvalue weighted by molar-refractivity contribution is 9.10. The molecule has 3 aromatic carbocycles. The van der Waals surface area contributed by atoms with Crippen molar-refractivity contribution in [1.82, 2.24) is 4.90 Å². The number of hydrogen-bond acceptors (Lipinski definition) is 8. The zero-order valence-electron chi connectivity index (χ0n) is 26.4. The quantitative estimate of drug-likeness (QED) is 0.136. The minimum atomic E-state index is -4.06. The van der Waals surface area contributed by atoms with Crippen molar-refractivity contribution in [2.24, 2.45) is 0 Å². The fourth-order valence-electron chi connectivity index (χ4n) is 5.91. The fourth-order valence-corrected chi connectivity index (χ4v) is 10.2. The summed E-state index contributed by atoms with van der Waals surface area (Å²) in [5.74, 6) is -0.00646. The summed E-state index contributed by atoms with van der Waals surface area (Å²) in [6.45, 7) is 6.38. The molecule has 1 amide bonds. The summed E-state index contributed by atoms with van der Waals surface area (Å²) in [5.41, 5.74) is 3.11. The summed E-state index contributed by atoms with van der Waals surface area (Å²) in [7, 11) is -4.06. The number of rotatable bonds is 11. The highest BCUT2D eigenvalue weighted by Crippen LogP contribution is 2.39. The molecule has 0 aliphatic carbocycles. The summed E-state index contributed by atoms with van der Waals surface area (Å²) < 4.78 is 38.0. The largest absolute Gasteiger partial charge is 0.366 e. The van der Waals surface area contributed by atoms with E-state index < -0.39 is 16.3 Å². The maximum Gasteiger partial charge on any atom is 0.265 e. The molecule has 1 atom stereocenters. The number of ether oxygens (including phenoxy) is 1. The zero-order valence-corrected chi connectivity index (χ0v) is 31.2. The normalized spacial score (nSPS) is 14.4. The topological polar surface area (TPSA) is 90.4 Å². The number of fused-ring (bicyclic) bond motifs is 1. The van der Waals surface area contributed by atoms with Crippen LogP contribution in [0.5, 0.6) is 0 Å². The lowest BCUT2D eigenvalue weighted by molar-refractivity contribution is -0.0958. The number of piperazine rings is 1. The molecule has 0 spiro atoms. The number of amides is 1. The number of anilines is 2. The minimum Gasteiger partial charge on any atom is -0.366 e. The van der Waals surface area contributed by atoms with Crippen molar-refractivity contribution in [2.75, 3.05) is 48.5 Å². The van der Waals surface area contributed by atoms with Crippen LogP contribution in [0.15, 0.2) is 87.5 Å². The highest BCUT2D eigenvalue weighted by atomic mass is 79.9. The molecule has 1 aliphatic heterocycles. The van der Waals surface area contributed by atoms with Gasteiger partial charge in [0.2, 0.25) is 0 Å². The van der Waals surface area contributed by atoms with Gasteiger partial charge in [-0.2, -0.15) is 0 Å². The number of para-hydroxylation sites is 2. The van der Waals surface area contributed by atoms with Gasteiger partial charge in [-0.25, -0.2) is 8.42 Å². The van der Waals surface area contributed by atoms with Crippen molar-refractivity contribution < 1.29 is 23.1 Å². The Labute approximate surface area is 302 Å². The molecule has 48 heavy (non-hydrogen) atoms. The lowest BCUT2D eigenvalue weighted by Crippen LogP contribution is -2.49. The van der Waals surface area contributed by atoms with Gasteiger partial charge in [-0.1, -0.05) is 35.9 Å². The van der Waals surface area contributed by atoms with Gasteiger partial charge in [-0.15, -0.1) is 22.7 Å². The predicted molar refractivity (Wildman–Crippen MR) is 199 cm³/mol. The Morgan fingerprint density at radius 3 is 2.48 bits per heavy atom. The molecule has 1 saturated heterocycles. The Bertz CT molecular complexity index is 2020. The number of aliphatic hydroxyl groups excluding tert-OH is 1. The monoisotopic (exact) mass is 787 g/mol. The Kier molecular flexibility index (Phi) is 10.8. The van der Waals surface area contributed by atoms with Crippen LogP contribution in [-0.2, 0) is 21.2 Å². The molecule has 252 valence electrons. The first-order valence-corrected chi connectivity index (χ1v) is 19.9. The number of thiophene rings is 2. The van der Waals surface area contributed by atoms with Gasteiger partial charge in [0, 0.05) is 53.5 Å². The number of halogens is 2. The van der Waals surface area contributed by atoms with Crippen LogP contribution in [0.4, 0.5) is 11.4 Å². The van der Waals surface area contributed by atoms with Crippen LogP contribution in [0.25, 0.3) is 10.1 Å². The lowest BCUT2D eigenvalue weighted by Gasteiger charge is -2.38. The Morgan fingerprint density at radius 2 is 1.79 bits per heavy atom. The van der Waals surface area contributed by atoms with Gasteiger partial charge in [-0.3, -0.25) is 9.10 Å². The first-order valence-electron chi connectivity index (χ1n) is 15.5. The van der Waals surface area contributed by atoms with Gasteiger partial charge in [0.15, 0.2) is 6.29 Å². The average molecular weight is 789 g/mol. The number of hydrogen-bond donors (Lipinski definition) is 1. The van der Waals surface area contributed by atoms with E-state index in [0.29, 0.717) is 59.7 Å².